The van der Waals surface area contributed by atoms with Gasteiger partial charge in [-0.2, -0.15) is 0 Å². The van der Waals surface area contributed by atoms with E-state index in [-0.39, 0.29) is 0 Å². The zero-order valence-corrected chi connectivity index (χ0v) is 7.69. The van der Waals surface area contributed by atoms with Gasteiger partial charge in [-0.3, -0.25) is 9.89 Å². The molecule has 0 aliphatic carbocycles. The van der Waals surface area contributed by atoms with Gasteiger partial charge in [-0.1, -0.05) is 30.3 Å². The summed E-state index contributed by atoms with van der Waals surface area (Å²) in [5, 5.41) is 0. The lowest BCUT2D eigenvalue weighted by Crippen LogP contribution is -2.02. The molecule has 2 nitrogen and oxygen atoms in total. The van der Waals surface area contributed by atoms with Crippen LogP contribution < -0.4 is 0 Å². The van der Waals surface area contributed by atoms with Gasteiger partial charge < -0.3 is 0 Å². The number of nitrogens with zero attached hydrogens (tertiary/aromatic N) is 2. The van der Waals surface area contributed by atoms with Gasteiger partial charge in [0.05, 0.1) is 6.54 Å². The van der Waals surface area contributed by atoms with Crippen molar-refractivity contribution in [2.75, 3.05) is 26.2 Å². The number of hydrogen-bond donors (Lipinski definition) is 0. The van der Waals surface area contributed by atoms with Crippen LogP contribution in [0.25, 0.3) is 0 Å². The molecule has 0 unspecified atom stereocenters. The van der Waals surface area contributed by atoms with Crippen molar-refractivity contribution in [3.05, 3.63) is 35.9 Å². The third-order valence-corrected chi connectivity index (χ3v) is 2.13. The molecule has 1 aromatic carbocycles. The minimum absolute atomic E-state index is 0.925. The molecule has 1 aromatic rings. The molecule has 1 aliphatic rings. The van der Waals surface area contributed by atoms with Crippen molar-refractivity contribution < 1.29 is 0 Å². The maximum absolute atomic E-state index is 4.36. The molecule has 0 aromatic heterocycles. The van der Waals surface area contributed by atoms with Crippen molar-refractivity contribution in [2.45, 2.75) is 0 Å². The highest BCUT2D eigenvalue weighted by Gasteiger charge is 2.14. The monoisotopic (exact) mass is 174 g/mol. The molecule has 2 heteroatoms. The van der Waals surface area contributed by atoms with Crippen LogP contribution in [0.4, 0.5) is 0 Å². The Morgan fingerprint density at radius 2 is 2.00 bits per heavy atom. The molecule has 0 spiro atoms. The van der Waals surface area contributed by atoms with E-state index < -0.39 is 0 Å². The lowest BCUT2D eigenvalue weighted by molar-refractivity contribution is 0.571. The fourth-order valence-corrected chi connectivity index (χ4v) is 1.20. The van der Waals surface area contributed by atoms with Gasteiger partial charge in [-0.05, 0) is 5.56 Å². The van der Waals surface area contributed by atoms with Gasteiger partial charge >= 0.3 is 0 Å². The fourth-order valence-electron chi connectivity index (χ4n) is 1.20. The van der Waals surface area contributed by atoms with Crippen molar-refractivity contribution in [3.8, 4) is 0 Å². The SMILES string of the molecule is C(=NCCN1CC1)c1ccccc1. The van der Waals surface area contributed by atoms with Crippen molar-refractivity contribution >= 4 is 6.21 Å². The van der Waals surface area contributed by atoms with Crippen LogP contribution in [-0.2, 0) is 0 Å². The lowest BCUT2D eigenvalue weighted by atomic mass is 10.2. The number of rotatable bonds is 4. The normalized spacial score (nSPS) is 16.6. The molecule has 2 rings (SSSR count). The first-order valence-electron chi connectivity index (χ1n) is 4.72. The first kappa shape index (κ1) is 8.45. The molecule has 68 valence electrons. The first-order chi connectivity index (χ1) is 6.45. The Morgan fingerprint density at radius 1 is 1.23 bits per heavy atom. The highest BCUT2D eigenvalue weighted by molar-refractivity contribution is 5.79. The van der Waals surface area contributed by atoms with E-state index in [0.717, 1.165) is 13.1 Å². The summed E-state index contributed by atoms with van der Waals surface area (Å²) in [5.74, 6) is 0. The van der Waals surface area contributed by atoms with Crippen molar-refractivity contribution in [1.82, 2.24) is 4.90 Å². The summed E-state index contributed by atoms with van der Waals surface area (Å²) >= 11 is 0. The molecule has 1 aliphatic heterocycles. The second-order valence-electron chi connectivity index (χ2n) is 3.29. The second-order valence-corrected chi connectivity index (χ2v) is 3.29. The Hall–Kier alpha value is -1.15. The molecule has 1 saturated heterocycles. The molecule has 1 fully saturated rings. The minimum Gasteiger partial charge on any atom is -0.299 e. The van der Waals surface area contributed by atoms with Crippen LogP contribution >= 0.6 is 0 Å². The second kappa shape index (κ2) is 4.19. The average molecular weight is 174 g/mol. The maximum atomic E-state index is 4.36. The van der Waals surface area contributed by atoms with Crippen molar-refractivity contribution in [1.29, 1.82) is 0 Å². The predicted octanol–water partition coefficient (Wildman–Crippen LogP) is 1.42. The minimum atomic E-state index is 0.925. The van der Waals surface area contributed by atoms with E-state index in [0.29, 0.717) is 0 Å². The Balaban J connectivity index is 1.76. The van der Waals surface area contributed by atoms with Crippen LogP contribution in [0.15, 0.2) is 35.3 Å². The van der Waals surface area contributed by atoms with Crippen LogP contribution in [0.2, 0.25) is 0 Å². The third-order valence-electron chi connectivity index (χ3n) is 2.13. The van der Waals surface area contributed by atoms with Gasteiger partial charge in [0.2, 0.25) is 0 Å². The number of benzene rings is 1. The van der Waals surface area contributed by atoms with Gasteiger partial charge in [0.25, 0.3) is 0 Å². The molecular formula is C11H14N2. The Kier molecular flexibility index (Phi) is 2.72. The van der Waals surface area contributed by atoms with Crippen molar-refractivity contribution in [2.24, 2.45) is 4.99 Å². The van der Waals surface area contributed by atoms with E-state index >= 15 is 0 Å². The van der Waals surface area contributed by atoms with Crippen LogP contribution in [0, 0.1) is 0 Å². The molecule has 0 amide bonds. The summed E-state index contributed by atoms with van der Waals surface area (Å²) < 4.78 is 0. The molecular weight excluding hydrogens is 160 g/mol. The molecule has 13 heavy (non-hydrogen) atoms. The van der Waals surface area contributed by atoms with Crippen molar-refractivity contribution in [3.63, 3.8) is 0 Å². The smallest absolute Gasteiger partial charge is 0.0517 e. The fraction of sp³-hybridized carbons (Fsp3) is 0.364. The van der Waals surface area contributed by atoms with E-state index in [1.807, 2.05) is 24.4 Å². The van der Waals surface area contributed by atoms with E-state index in [9.17, 15) is 0 Å². The molecule has 0 radical (unpaired) electrons. The first-order valence-corrected chi connectivity index (χ1v) is 4.72. The molecule has 0 atom stereocenters. The summed E-state index contributed by atoms with van der Waals surface area (Å²) in [6.07, 6.45) is 1.95. The maximum Gasteiger partial charge on any atom is 0.0517 e. The van der Waals surface area contributed by atoms with Gasteiger partial charge in [-0.15, -0.1) is 0 Å². The van der Waals surface area contributed by atoms with Gasteiger partial charge in [-0.25, -0.2) is 0 Å². The Bertz CT molecular complexity index is 275. The van der Waals surface area contributed by atoms with Gasteiger partial charge in [0, 0.05) is 25.8 Å². The number of hydrogen-bond acceptors (Lipinski definition) is 2. The van der Waals surface area contributed by atoms with E-state index in [2.05, 4.69) is 22.0 Å². The van der Waals surface area contributed by atoms with Gasteiger partial charge in [0.15, 0.2) is 0 Å². The molecule has 0 N–H and O–H groups in total. The summed E-state index contributed by atoms with van der Waals surface area (Å²) in [4.78, 5) is 6.73. The standard InChI is InChI=1S/C11H14N2/c1-2-4-11(5-3-1)10-12-6-7-13-8-9-13/h1-5,10H,6-9H2. The molecule has 1 heterocycles. The van der Waals surface area contributed by atoms with E-state index in [4.69, 9.17) is 0 Å². The number of aliphatic imine (C=N–C) groups is 1. The summed E-state index contributed by atoms with van der Waals surface area (Å²) in [5.41, 5.74) is 1.19. The summed E-state index contributed by atoms with van der Waals surface area (Å²) in [6, 6.07) is 10.2. The van der Waals surface area contributed by atoms with E-state index in [1.165, 1.54) is 18.7 Å². The average Bonchev–Trinajstić information content (AvgIpc) is 2.98. The molecule has 0 saturated carbocycles. The summed E-state index contributed by atoms with van der Waals surface area (Å²) in [6.45, 7) is 4.57. The highest BCUT2D eigenvalue weighted by atomic mass is 15.3. The zero-order chi connectivity index (χ0) is 8.93. The molecule has 0 bridgehead atoms. The van der Waals surface area contributed by atoms with Crippen LogP contribution in [-0.4, -0.2) is 37.3 Å². The Labute approximate surface area is 78.9 Å². The lowest BCUT2D eigenvalue weighted by Gasteiger charge is -1.94. The largest absolute Gasteiger partial charge is 0.299 e. The zero-order valence-electron chi connectivity index (χ0n) is 7.69. The third kappa shape index (κ3) is 2.99. The highest BCUT2D eigenvalue weighted by Crippen LogP contribution is 2.01. The predicted molar refractivity (Wildman–Crippen MR) is 55.3 cm³/mol. The summed E-state index contributed by atoms with van der Waals surface area (Å²) in [7, 11) is 0. The quantitative estimate of drug-likeness (QED) is 0.498. The topological polar surface area (TPSA) is 15.4 Å². The van der Waals surface area contributed by atoms with Crippen LogP contribution in [0.1, 0.15) is 5.56 Å². The van der Waals surface area contributed by atoms with Crippen LogP contribution in [0.3, 0.4) is 0 Å². The Morgan fingerprint density at radius 3 is 2.69 bits per heavy atom. The van der Waals surface area contributed by atoms with Gasteiger partial charge in [0.1, 0.15) is 0 Å². The van der Waals surface area contributed by atoms with E-state index in [1.54, 1.807) is 0 Å². The van der Waals surface area contributed by atoms with Crippen LogP contribution in [0.5, 0.6) is 0 Å².